The molecule has 0 heterocycles. The van der Waals surface area contributed by atoms with Gasteiger partial charge in [-0.15, -0.1) is 0 Å². The number of hydrogen-bond donors (Lipinski definition) is 1. The van der Waals surface area contributed by atoms with Crippen molar-refractivity contribution in [3.05, 3.63) is 35.1 Å². The van der Waals surface area contributed by atoms with Gasteiger partial charge in [0.15, 0.2) is 0 Å². The van der Waals surface area contributed by atoms with E-state index < -0.39 is 0 Å². The van der Waals surface area contributed by atoms with Gasteiger partial charge >= 0.3 is 0 Å². The van der Waals surface area contributed by atoms with E-state index in [1.807, 2.05) is 13.0 Å². The maximum Gasteiger partial charge on any atom is 0.123 e. The van der Waals surface area contributed by atoms with Crippen molar-refractivity contribution in [1.29, 1.82) is 0 Å². The second-order valence-corrected chi connectivity index (χ2v) is 4.32. The molecule has 0 radical (unpaired) electrons. The normalized spacial score (nSPS) is 15.0. The molecule has 2 atom stereocenters. The van der Waals surface area contributed by atoms with Gasteiger partial charge in [0.25, 0.3) is 0 Å². The molecule has 0 aliphatic carbocycles. The fraction of sp³-hybridized carbons (Fsp3) is 0.538. The number of hydrogen-bond acceptors (Lipinski definition) is 1. The zero-order chi connectivity index (χ0) is 11.4. The molecule has 84 valence electrons. The zero-order valence-electron chi connectivity index (χ0n) is 9.76. The lowest BCUT2D eigenvalue weighted by Gasteiger charge is -2.19. The molecule has 0 aromatic heterocycles. The third-order valence-corrected chi connectivity index (χ3v) is 3.05. The van der Waals surface area contributed by atoms with E-state index in [0.717, 1.165) is 18.4 Å². The zero-order valence-corrected chi connectivity index (χ0v) is 9.76. The number of rotatable bonds is 4. The number of nitrogens with two attached hydrogens (primary N) is 1. The molecule has 0 aliphatic heterocycles. The Morgan fingerprint density at radius 3 is 2.60 bits per heavy atom. The average molecular weight is 209 g/mol. The molecule has 0 bridgehead atoms. The first-order valence-electron chi connectivity index (χ1n) is 5.55. The standard InChI is InChI=1S/C13H20FN/c1-4-13(15)10(3)7-11-5-6-12(14)8-9(11)2/h5-6,8,10,13H,4,7,15H2,1-3H3. The van der Waals surface area contributed by atoms with Crippen LogP contribution in [0.25, 0.3) is 0 Å². The highest BCUT2D eigenvalue weighted by atomic mass is 19.1. The minimum absolute atomic E-state index is 0.163. The lowest BCUT2D eigenvalue weighted by atomic mass is 9.91. The Hall–Kier alpha value is -0.890. The molecular weight excluding hydrogens is 189 g/mol. The molecule has 0 aliphatic rings. The first kappa shape index (κ1) is 12.2. The molecule has 1 nitrogen and oxygen atoms in total. The molecule has 0 fully saturated rings. The first-order valence-corrected chi connectivity index (χ1v) is 5.55. The van der Waals surface area contributed by atoms with Crippen molar-refractivity contribution >= 4 is 0 Å². The van der Waals surface area contributed by atoms with E-state index in [1.165, 1.54) is 11.6 Å². The summed E-state index contributed by atoms with van der Waals surface area (Å²) in [6.07, 6.45) is 1.92. The molecule has 0 saturated heterocycles. The quantitative estimate of drug-likeness (QED) is 0.810. The Labute approximate surface area is 91.5 Å². The van der Waals surface area contributed by atoms with Crippen molar-refractivity contribution in [2.45, 2.75) is 39.7 Å². The van der Waals surface area contributed by atoms with Crippen LogP contribution in [0, 0.1) is 18.7 Å². The highest BCUT2D eigenvalue weighted by Crippen LogP contribution is 2.17. The van der Waals surface area contributed by atoms with Gasteiger partial charge in [-0.1, -0.05) is 19.9 Å². The summed E-state index contributed by atoms with van der Waals surface area (Å²) in [6.45, 7) is 6.19. The van der Waals surface area contributed by atoms with Gasteiger partial charge in [-0.2, -0.15) is 0 Å². The van der Waals surface area contributed by atoms with Crippen molar-refractivity contribution < 1.29 is 4.39 Å². The van der Waals surface area contributed by atoms with E-state index >= 15 is 0 Å². The van der Waals surface area contributed by atoms with Gasteiger partial charge in [-0.05, 0) is 48.9 Å². The maximum absolute atomic E-state index is 12.9. The summed E-state index contributed by atoms with van der Waals surface area (Å²) in [4.78, 5) is 0. The molecule has 2 heteroatoms. The van der Waals surface area contributed by atoms with Crippen LogP contribution in [-0.4, -0.2) is 6.04 Å². The second kappa shape index (κ2) is 5.26. The Morgan fingerprint density at radius 1 is 1.40 bits per heavy atom. The van der Waals surface area contributed by atoms with Crippen LogP contribution in [0.3, 0.4) is 0 Å². The van der Waals surface area contributed by atoms with Crippen LogP contribution in [0.1, 0.15) is 31.4 Å². The van der Waals surface area contributed by atoms with Gasteiger partial charge in [-0.3, -0.25) is 0 Å². The van der Waals surface area contributed by atoms with Crippen molar-refractivity contribution in [2.24, 2.45) is 11.7 Å². The Kier molecular flexibility index (Phi) is 4.28. The van der Waals surface area contributed by atoms with Crippen molar-refractivity contribution in [1.82, 2.24) is 0 Å². The molecule has 0 amide bonds. The van der Waals surface area contributed by atoms with E-state index in [0.29, 0.717) is 5.92 Å². The van der Waals surface area contributed by atoms with E-state index in [1.54, 1.807) is 6.07 Å². The summed E-state index contributed by atoms with van der Waals surface area (Å²) in [6, 6.07) is 5.20. The second-order valence-electron chi connectivity index (χ2n) is 4.32. The van der Waals surface area contributed by atoms with Gasteiger partial charge in [0.2, 0.25) is 0 Å². The van der Waals surface area contributed by atoms with Gasteiger partial charge in [-0.25, -0.2) is 4.39 Å². The molecule has 1 aromatic rings. The first-order chi connectivity index (χ1) is 7.04. The lowest BCUT2D eigenvalue weighted by molar-refractivity contribution is 0.441. The van der Waals surface area contributed by atoms with Crippen LogP contribution in [0.4, 0.5) is 4.39 Å². The predicted molar refractivity (Wildman–Crippen MR) is 62.3 cm³/mol. The van der Waals surface area contributed by atoms with Crippen LogP contribution >= 0.6 is 0 Å². The minimum Gasteiger partial charge on any atom is -0.327 e. The lowest BCUT2D eigenvalue weighted by Crippen LogP contribution is -2.28. The summed E-state index contributed by atoms with van der Waals surface area (Å²) < 4.78 is 12.9. The summed E-state index contributed by atoms with van der Waals surface area (Å²) in [7, 11) is 0. The van der Waals surface area contributed by atoms with E-state index in [4.69, 9.17) is 5.73 Å². The third-order valence-electron chi connectivity index (χ3n) is 3.05. The summed E-state index contributed by atoms with van der Waals surface area (Å²) in [5.41, 5.74) is 8.19. The molecule has 0 spiro atoms. The highest BCUT2D eigenvalue weighted by Gasteiger charge is 2.12. The predicted octanol–water partition coefficient (Wildman–Crippen LogP) is 3.05. The SMILES string of the molecule is CCC(N)C(C)Cc1ccc(F)cc1C. The minimum atomic E-state index is -0.163. The van der Waals surface area contributed by atoms with Crippen LogP contribution in [0.2, 0.25) is 0 Å². The molecule has 0 saturated carbocycles. The van der Waals surface area contributed by atoms with Crippen molar-refractivity contribution in [3.63, 3.8) is 0 Å². The fourth-order valence-electron chi connectivity index (χ4n) is 1.79. The molecular formula is C13H20FN. The van der Waals surface area contributed by atoms with Crippen LogP contribution in [0.15, 0.2) is 18.2 Å². The maximum atomic E-state index is 12.9. The number of benzene rings is 1. The van der Waals surface area contributed by atoms with Gasteiger partial charge in [0.05, 0.1) is 0 Å². The van der Waals surface area contributed by atoms with Crippen LogP contribution in [0.5, 0.6) is 0 Å². The van der Waals surface area contributed by atoms with Crippen molar-refractivity contribution in [2.75, 3.05) is 0 Å². The number of halogens is 1. The van der Waals surface area contributed by atoms with Crippen molar-refractivity contribution in [3.8, 4) is 0 Å². The molecule has 1 aromatic carbocycles. The Balaban J connectivity index is 2.72. The van der Waals surface area contributed by atoms with E-state index in [-0.39, 0.29) is 11.9 Å². The van der Waals surface area contributed by atoms with E-state index in [2.05, 4.69) is 13.8 Å². The average Bonchev–Trinajstić information content (AvgIpc) is 2.20. The largest absolute Gasteiger partial charge is 0.327 e. The van der Waals surface area contributed by atoms with Crippen LogP contribution in [-0.2, 0) is 6.42 Å². The molecule has 1 rings (SSSR count). The Bertz CT molecular complexity index is 322. The molecule has 2 N–H and O–H groups in total. The van der Waals surface area contributed by atoms with E-state index in [9.17, 15) is 4.39 Å². The summed E-state index contributed by atoms with van der Waals surface area (Å²) in [5.74, 6) is 0.280. The van der Waals surface area contributed by atoms with Crippen LogP contribution < -0.4 is 5.73 Å². The van der Waals surface area contributed by atoms with Gasteiger partial charge in [0.1, 0.15) is 5.82 Å². The smallest absolute Gasteiger partial charge is 0.123 e. The molecule has 15 heavy (non-hydrogen) atoms. The number of aryl methyl sites for hydroxylation is 1. The fourth-order valence-corrected chi connectivity index (χ4v) is 1.79. The Morgan fingerprint density at radius 2 is 2.07 bits per heavy atom. The third kappa shape index (κ3) is 3.31. The van der Waals surface area contributed by atoms with Gasteiger partial charge in [0, 0.05) is 6.04 Å². The highest BCUT2D eigenvalue weighted by molar-refractivity contribution is 5.27. The van der Waals surface area contributed by atoms with Gasteiger partial charge < -0.3 is 5.73 Å². The summed E-state index contributed by atoms with van der Waals surface area (Å²) >= 11 is 0. The molecule has 2 unspecified atom stereocenters. The summed E-state index contributed by atoms with van der Waals surface area (Å²) in [5, 5.41) is 0. The topological polar surface area (TPSA) is 26.0 Å². The monoisotopic (exact) mass is 209 g/mol.